The molecule has 1 saturated carbocycles. The molecule has 0 radical (unpaired) electrons. The van der Waals surface area contributed by atoms with Crippen molar-refractivity contribution < 1.29 is 14.7 Å². The summed E-state index contributed by atoms with van der Waals surface area (Å²) in [7, 11) is 0. The second kappa shape index (κ2) is 6.65. The molecular formula is C15H21N3O3. The SMILES string of the molecule is Cc1ncc(C(=O)N[C@H]2CCCCC[C@H]2C(=O)O)c(C)n1. The number of hydrogen-bond acceptors (Lipinski definition) is 4. The Morgan fingerprint density at radius 1 is 1.24 bits per heavy atom. The highest BCUT2D eigenvalue weighted by atomic mass is 16.4. The number of carbonyl (C=O) groups is 2. The molecule has 2 rings (SSSR count). The molecule has 6 heteroatoms. The number of nitrogens with zero attached hydrogens (tertiary/aromatic N) is 2. The number of aromatic nitrogens is 2. The zero-order valence-electron chi connectivity index (χ0n) is 12.4. The van der Waals surface area contributed by atoms with E-state index in [2.05, 4.69) is 15.3 Å². The Kier molecular flexibility index (Phi) is 4.88. The third kappa shape index (κ3) is 3.77. The lowest BCUT2D eigenvalue weighted by molar-refractivity contribution is -0.142. The number of carbonyl (C=O) groups excluding carboxylic acids is 1. The summed E-state index contributed by atoms with van der Waals surface area (Å²) in [6.45, 7) is 3.52. The largest absolute Gasteiger partial charge is 0.481 e. The van der Waals surface area contributed by atoms with Crippen molar-refractivity contribution in [1.82, 2.24) is 15.3 Å². The van der Waals surface area contributed by atoms with Crippen LogP contribution in [-0.2, 0) is 4.79 Å². The Bertz CT molecular complexity index is 545. The summed E-state index contributed by atoms with van der Waals surface area (Å²) in [4.78, 5) is 31.9. The maximum Gasteiger partial charge on any atom is 0.308 e. The zero-order valence-corrected chi connectivity index (χ0v) is 12.4. The normalized spacial score (nSPS) is 22.4. The first-order chi connectivity index (χ1) is 9.99. The molecule has 1 aromatic rings. The van der Waals surface area contributed by atoms with Crippen molar-refractivity contribution in [3.63, 3.8) is 0 Å². The highest BCUT2D eigenvalue weighted by Crippen LogP contribution is 2.24. The summed E-state index contributed by atoms with van der Waals surface area (Å²) in [6.07, 6.45) is 5.68. The highest BCUT2D eigenvalue weighted by molar-refractivity contribution is 5.95. The highest BCUT2D eigenvalue weighted by Gasteiger charge is 2.31. The van der Waals surface area contributed by atoms with Crippen molar-refractivity contribution in [2.24, 2.45) is 5.92 Å². The minimum atomic E-state index is -0.834. The minimum Gasteiger partial charge on any atom is -0.481 e. The fourth-order valence-corrected chi connectivity index (χ4v) is 2.83. The van der Waals surface area contributed by atoms with E-state index in [4.69, 9.17) is 0 Å². The Labute approximate surface area is 124 Å². The third-order valence-corrected chi connectivity index (χ3v) is 3.99. The van der Waals surface area contributed by atoms with Crippen molar-refractivity contribution >= 4 is 11.9 Å². The number of hydrogen-bond donors (Lipinski definition) is 2. The van der Waals surface area contributed by atoms with Gasteiger partial charge in [-0.25, -0.2) is 9.97 Å². The van der Waals surface area contributed by atoms with E-state index >= 15 is 0 Å². The van der Waals surface area contributed by atoms with Crippen LogP contribution in [-0.4, -0.2) is 33.0 Å². The fourth-order valence-electron chi connectivity index (χ4n) is 2.83. The van der Waals surface area contributed by atoms with E-state index in [9.17, 15) is 14.7 Å². The molecule has 1 fully saturated rings. The van der Waals surface area contributed by atoms with Gasteiger partial charge in [-0.2, -0.15) is 0 Å². The van der Waals surface area contributed by atoms with Crippen LogP contribution in [0.2, 0.25) is 0 Å². The monoisotopic (exact) mass is 291 g/mol. The summed E-state index contributed by atoms with van der Waals surface area (Å²) in [5, 5.41) is 12.2. The van der Waals surface area contributed by atoms with Crippen LogP contribution in [0.4, 0.5) is 0 Å². The Morgan fingerprint density at radius 3 is 2.62 bits per heavy atom. The van der Waals surface area contributed by atoms with Gasteiger partial charge in [-0.15, -0.1) is 0 Å². The second-order valence-electron chi connectivity index (χ2n) is 5.58. The first-order valence-corrected chi connectivity index (χ1v) is 7.33. The Balaban J connectivity index is 2.14. The van der Waals surface area contributed by atoms with E-state index in [1.165, 1.54) is 6.20 Å². The molecule has 114 valence electrons. The molecule has 0 bridgehead atoms. The van der Waals surface area contributed by atoms with Crippen molar-refractivity contribution in [2.75, 3.05) is 0 Å². The molecule has 0 aromatic carbocycles. The van der Waals surface area contributed by atoms with E-state index in [0.29, 0.717) is 29.9 Å². The predicted octanol–water partition coefficient (Wildman–Crippen LogP) is 1.86. The van der Waals surface area contributed by atoms with Gasteiger partial charge in [-0.1, -0.05) is 19.3 Å². The van der Waals surface area contributed by atoms with Gasteiger partial charge in [0, 0.05) is 12.2 Å². The average Bonchev–Trinajstić information content (AvgIpc) is 2.63. The third-order valence-electron chi connectivity index (χ3n) is 3.99. The number of amides is 1. The van der Waals surface area contributed by atoms with Gasteiger partial charge < -0.3 is 10.4 Å². The topological polar surface area (TPSA) is 92.2 Å². The molecule has 2 N–H and O–H groups in total. The first-order valence-electron chi connectivity index (χ1n) is 7.33. The van der Waals surface area contributed by atoms with E-state index in [-0.39, 0.29) is 11.9 Å². The van der Waals surface area contributed by atoms with Crippen LogP contribution in [0.3, 0.4) is 0 Å². The van der Waals surface area contributed by atoms with Crippen LogP contribution in [0.5, 0.6) is 0 Å². The molecule has 1 aromatic heterocycles. The Hall–Kier alpha value is -1.98. The van der Waals surface area contributed by atoms with Crippen LogP contribution in [0, 0.1) is 19.8 Å². The van der Waals surface area contributed by atoms with Crippen LogP contribution < -0.4 is 5.32 Å². The van der Waals surface area contributed by atoms with Gasteiger partial charge in [-0.05, 0) is 26.7 Å². The molecule has 6 nitrogen and oxygen atoms in total. The molecule has 0 spiro atoms. The van der Waals surface area contributed by atoms with Crippen LogP contribution in [0.25, 0.3) is 0 Å². The quantitative estimate of drug-likeness (QED) is 0.829. The summed E-state index contributed by atoms with van der Waals surface area (Å²) in [6, 6.07) is -0.321. The van der Waals surface area contributed by atoms with Crippen LogP contribution in [0.1, 0.15) is 54.0 Å². The molecular weight excluding hydrogens is 270 g/mol. The number of carboxylic acids is 1. The molecule has 1 aliphatic carbocycles. The molecule has 1 amide bonds. The van der Waals surface area contributed by atoms with Gasteiger partial charge in [-0.3, -0.25) is 9.59 Å². The van der Waals surface area contributed by atoms with Gasteiger partial charge in [0.05, 0.1) is 17.2 Å². The number of aryl methyl sites for hydroxylation is 2. The fraction of sp³-hybridized carbons (Fsp3) is 0.600. The molecule has 1 heterocycles. The van der Waals surface area contributed by atoms with Gasteiger partial charge in [0.2, 0.25) is 0 Å². The second-order valence-corrected chi connectivity index (χ2v) is 5.58. The summed E-state index contributed by atoms with van der Waals surface area (Å²) in [5.74, 6) is -1.02. The smallest absolute Gasteiger partial charge is 0.308 e. The van der Waals surface area contributed by atoms with Gasteiger partial charge in [0.25, 0.3) is 5.91 Å². The molecule has 0 aliphatic heterocycles. The van der Waals surface area contributed by atoms with Crippen LogP contribution >= 0.6 is 0 Å². The van der Waals surface area contributed by atoms with Crippen molar-refractivity contribution in [3.8, 4) is 0 Å². The Morgan fingerprint density at radius 2 is 1.95 bits per heavy atom. The predicted molar refractivity (Wildman–Crippen MR) is 77.0 cm³/mol. The number of carboxylic acid groups (broad SMARTS) is 1. The van der Waals surface area contributed by atoms with E-state index in [1.54, 1.807) is 13.8 Å². The van der Waals surface area contributed by atoms with E-state index < -0.39 is 11.9 Å². The average molecular weight is 291 g/mol. The minimum absolute atomic E-state index is 0.286. The lowest BCUT2D eigenvalue weighted by atomic mass is 9.94. The molecule has 2 atom stereocenters. The maximum absolute atomic E-state index is 12.3. The van der Waals surface area contributed by atoms with E-state index in [1.807, 2.05) is 0 Å². The summed E-state index contributed by atoms with van der Waals surface area (Å²) in [5.41, 5.74) is 1.02. The van der Waals surface area contributed by atoms with Crippen molar-refractivity contribution in [2.45, 2.75) is 52.0 Å². The standard InChI is InChI=1S/C15H21N3O3/c1-9-12(8-16-10(2)17-9)14(19)18-13-7-5-3-4-6-11(13)15(20)21/h8,11,13H,3-7H2,1-2H3,(H,18,19)(H,20,21)/t11-,13+/m1/s1. The van der Waals surface area contributed by atoms with Crippen LogP contribution in [0.15, 0.2) is 6.20 Å². The van der Waals surface area contributed by atoms with Gasteiger partial charge in [0.15, 0.2) is 0 Å². The summed E-state index contributed by atoms with van der Waals surface area (Å²) >= 11 is 0. The van der Waals surface area contributed by atoms with Crippen molar-refractivity contribution in [3.05, 3.63) is 23.3 Å². The molecule has 21 heavy (non-hydrogen) atoms. The maximum atomic E-state index is 12.3. The number of rotatable bonds is 3. The van der Waals surface area contributed by atoms with Crippen molar-refractivity contribution in [1.29, 1.82) is 0 Å². The summed E-state index contributed by atoms with van der Waals surface area (Å²) < 4.78 is 0. The lowest BCUT2D eigenvalue weighted by Gasteiger charge is -2.23. The zero-order chi connectivity index (χ0) is 15.4. The van der Waals surface area contributed by atoms with Gasteiger partial charge in [0.1, 0.15) is 5.82 Å². The molecule has 0 saturated heterocycles. The lowest BCUT2D eigenvalue weighted by Crippen LogP contribution is -2.43. The van der Waals surface area contributed by atoms with Gasteiger partial charge >= 0.3 is 5.97 Å². The number of nitrogens with one attached hydrogen (secondary N) is 1. The molecule has 1 aliphatic rings. The number of aliphatic carboxylic acids is 1. The molecule has 0 unspecified atom stereocenters. The first kappa shape index (κ1) is 15.4. The van der Waals surface area contributed by atoms with E-state index in [0.717, 1.165) is 19.3 Å².